The van der Waals surface area contributed by atoms with Crippen molar-refractivity contribution in [3.05, 3.63) is 29.5 Å². The summed E-state index contributed by atoms with van der Waals surface area (Å²) in [5.41, 5.74) is 4.86. The van der Waals surface area contributed by atoms with Gasteiger partial charge in [-0.15, -0.1) is 0 Å². The highest BCUT2D eigenvalue weighted by Gasteiger charge is 2.25. The Labute approximate surface area is 123 Å². The molecule has 110 valence electrons. The predicted octanol–water partition coefficient (Wildman–Crippen LogP) is 2.65. The van der Waals surface area contributed by atoms with Crippen molar-refractivity contribution in [2.24, 2.45) is 12.0 Å². The number of fused-ring (bicyclic) bond motifs is 3. The molecule has 1 heterocycles. The second-order valence-corrected chi connectivity index (χ2v) is 5.13. The molecule has 5 heteroatoms. The van der Waals surface area contributed by atoms with E-state index in [4.69, 9.17) is 4.74 Å². The number of aryl methyl sites for hydroxylation is 2. The van der Waals surface area contributed by atoms with Gasteiger partial charge in [-0.25, -0.2) is 4.79 Å². The third-order valence-electron chi connectivity index (χ3n) is 3.92. The molecule has 1 N–H and O–H groups in total. The van der Waals surface area contributed by atoms with Crippen LogP contribution in [0.2, 0.25) is 0 Å². The van der Waals surface area contributed by atoms with Gasteiger partial charge < -0.3 is 14.6 Å². The van der Waals surface area contributed by atoms with Crippen molar-refractivity contribution in [1.82, 2.24) is 9.88 Å². The molecule has 0 unspecified atom stereocenters. The first kappa shape index (κ1) is 13.7. The van der Waals surface area contributed by atoms with Gasteiger partial charge in [0.05, 0.1) is 11.4 Å². The number of rotatable bonds is 2. The molecule has 1 amide bonds. The number of nitrogens with one attached hydrogen (secondary N) is 1. The van der Waals surface area contributed by atoms with Crippen molar-refractivity contribution in [3.63, 3.8) is 0 Å². The summed E-state index contributed by atoms with van der Waals surface area (Å²) in [5.74, 6) is 0.566. The number of carbonyl (C=O) groups is 1. The van der Waals surface area contributed by atoms with Crippen LogP contribution in [0, 0.1) is 0 Å². The van der Waals surface area contributed by atoms with Gasteiger partial charge in [0, 0.05) is 31.5 Å². The molecule has 0 bridgehead atoms. The lowest BCUT2D eigenvalue weighted by molar-refractivity contribution is 0.203. The monoisotopic (exact) mass is 285 g/mol. The number of ether oxygens (including phenoxy) is 1. The molecule has 0 fully saturated rings. The van der Waals surface area contributed by atoms with Crippen LogP contribution in [0.5, 0.6) is 5.75 Å². The molecule has 1 aliphatic rings. The third-order valence-corrected chi connectivity index (χ3v) is 3.92. The molecule has 0 atom stereocenters. The summed E-state index contributed by atoms with van der Waals surface area (Å²) in [6.07, 6.45) is 1.53. The molecule has 0 radical (unpaired) electrons. The van der Waals surface area contributed by atoms with Crippen LogP contribution in [-0.4, -0.2) is 30.0 Å². The molecular formula is C16H19N3O2. The van der Waals surface area contributed by atoms with Crippen LogP contribution in [-0.2, 0) is 13.5 Å². The van der Waals surface area contributed by atoms with E-state index in [0.29, 0.717) is 5.75 Å². The number of hydrogen-bond donors (Lipinski definition) is 1. The molecule has 1 aromatic carbocycles. The Morgan fingerprint density at radius 2 is 2.24 bits per heavy atom. The minimum absolute atomic E-state index is 0.449. The SMILES string of the molecule is CCN=C1CCc2c1n(C)c1ccc(OC(=O)NC)cc21. The maximum Gasteiger partial charge on any atom is 0.412 e. The van der Waals surface area contributed by atoms with Crippen molar-refractivity contribution < 1.29 is 9.53 Å². The van der Waals surface area contributed by atoms with Crippen LogP contribution >= 0.6 is 0 Å². The van der Waals surface area contributed by atoms with Gasteiger partial charge in [0.25, 0.3) is 0 Å². The van der Waals surface area contributed by atoms with Gasteiger partial charge in [0.1, 0.15) is 5.75 Å². The zero-order chi connectivity index (χ0) is 15.0. The highest BCUT2D eigenvalue weighted by atomic mass is 16.5. The van der Waals surface area contributed by atoms with Crippen LogP contribution in [0.1, 0.15) is 24.6 Å². The Hall–Kier alpha value is -2.30. The number of nitrogens with zero attached hydrogens (tertiary/aromatic N) is 2. The molecule has 0 spiro atoms. The van der Waals surface area contributed by atoms with Crippen LogP contribution in [0.25, 0.3) is 10.9 Å². The summed E-state index contributed by atoms with van der Waals surface area (Å²) < 4.78 is 7.42. The van der Waals surface area contributed by atoms with Gasteiger partial charge in [0.15, 0.2) is 0 Å². The average molecular weight is 285 g/mol. The minimum Gasteiger partial charge on any atom is -0.410 e. The van der Waals surface area contributed by atoms with E-state index in [1.165, 1.54) is 17.0 Å². The van der Waals surface area contributed by atoms with E-state index in [1.54, 1.807) is 7.05 Å². The highest BCUT2D eigenvalue weighted by Crippen LogP contribution is 2.34. The number of benzene rings is 1. The second kappa shape index (κ2) is 5.24. The zero-order valence-corrected chi connectivity index (χ0v) is 12.6. The van der Waals surface area contributed by atoms with E-state index < -0.39 is 6.09 Å². The third kappa shape index (κ3) is 2.18. The topological polar surface area (TPSA) is 55.6 Å². The average Bonchev–Trinajstić information content (AvgIpc) is 3.01. The van der Waals surface area contributed by atoms with Crippen molar-refractivity contribution in [1.29, 1.82) is 0 Å². The molecular weight excluding hydrogens is 266 g/mol. The quantitative estimate of drug-likeness (QED) is 0.922. The number of hydrogen-bond acceptors (Lipinski definition) is 3. The summed E-state index contributed by atoms with van der Waals surface area (Å²) in [6.45, 7) is 2.87. The number of carbonyl (C=O) groups excluding carboxylic acids is 1. The molecule has 21 heavy (non-hydrogen) atoms. The Morgan fingerprint density at radius 1 is 1.43 bits per heavy atom. The van der Waals surface area contributed by atoms with Crippen LogP contribution in [0.4, 0.5) is 4.79 Å². The Bertz CT molecular complexity index is 744. The van der Waals surface area contributed by atoms with E-state index in [9.17, 15) is 4.79 Å². The fraction of sp³-hybridized carbons (Fsp3) is 0.375. The number of aromatic nitrogens is 1. The molecule has 2 aromatic rings. The lowest BCUT2D eigenvalue weighted by Crippen LogP contribution is -2.21. The van der Waals surface area contributed by atoms with Crippen LogP contribution in [0.15, 0.2) is 23.2 Å². The molecule has 1 aliphatic carbocycles. The standard InChI is InChI=1S/C16H19N3O2/c1-4-18-13-7-6-11-12-9-10(21-16(20)17-2)5-8-14(12)19(3)15(11)13/h5,8-9H,4,6-7H2,1-3H3,(H,17,20). The molecule has 1 aromatic heterocycles. The van der Waals surface area contributed by atoms with Gasteiger partial charge >= 0.3 is 6.09 Å². The van der Waals surface area contributed by atoms with E-state index in [0.717, 1.165) is 30.3 Å². The fourth-order valence-electron chi connectivity index (χ4n) is 3.05. The van der Waals surface area contributed by atoms with Crippen LogP contribution < -0.4 is 10.1 Å². The zero-order valence-electron chi connectivity index (χ0n) is 12.6. The van der Waals surface area contributed by atoms with E-state index in [-0.39, 0.29) is 0 Å². The summed E-state index contributed by atoms with van der Waals surface area (Å²) in [6, 6.07) is 5.76. The van der Waals surface area contributed by atoms with Crippen molar-refractivity contribution >= 4 is 22.7 Å². The van der Waals surface area contributed by atoms with Gasteiger partial charge in [-0.3, -0.25) is 4.99 Å². The summed E-state index contributed by atoms with van der Waals surface area (Å²) in [7, 11) is 3.62. The molecule has 0 saturated carbocycles. The van der Waals surface area contributed by atoms with E-state index >= 15 is 0 Å². The molecule has 3 rings (SSSR count). The molecule has 5 nitrogen and oxygen atoms in total. The first-order valence-electron chi connectivity index (χ1n) is 7.20. The maximum atomic E-state index is 11.3. The Morgan fingerprint density at radius 3 is 2.95 bits per heavy atom. The summed E-state index contributed by atoms with van der Waals surface area (Å²) in [4.78, 5) is 15.9. The van der Waals surface area contributed by atoms with E-state index in [1.807, 2.05) is 18.2 Å². The second-order valence-electron chi connectivity index (χ2n) is 5.13. The van der Waals surface area contributed by atoms with E-state index in [2.05, 4.69) is 28.8 Å². The fourth-order valence-corrected chi connectivity index (χ4v) is 3.05. The normalized spacial score (nSPS) is 15.5. The maximum absolute atomic E-state index is 11.3. The Balaban J connectivity index is 2.11. The number of aliphatic imine (C=N–C) groups is 1. The number of amides is 1. The van der Waals surface area contributed by atoms with Gasteiger partial charge in [-0.05, 0) is 43.5 Å². The molecule has 0 saturated heterocycles. The predicted molar refractivity (Wildman–Crippen MR) is 83.4 cm³/mol. The molecule has 0 aliphatic heterocycles. The largest absolute Gasteiger partial charge is 0.412 e. The van der Waals surface area contributed by atoms with Gasteiger partial charge in [0.2, 0.25) is 0 Å². The van der Waals surface area contributed by atoms with Crippen molar-refractivity contribution in [2.75, 3.05) is 13.6 Å². The first-order chi connectivity index (χ1) is 10.2. The summed E-state index contributed by atoms with van der Waals surface area (Å²) >= 11 is 0. The smallest absolute Gasteiger partial charge is 0.410 e. The van der Waals surface area contributed by atoms with Crippen molar-refractivity contribution in [2.45, 2.75) is 19.8 Å². The van der Waals surface area contributed by atoms with Gasteiger partial charge in [-0.2, -0.15) is 0 Å². The van der Waals surface area contributed by atoms with Gasteiger partial charge in [-0.1, -0.05) is 0 Å². The van der Waals surface area contributed by atoms with Crippen molar-refractivity contribution in [3.8, 4) is 5.75 Å². The summed E-state index contributed by atoms with van der Waals surface area (Å²) in [5, 5.41) is 3.61. The van der Waals surface area contributed by atoms with Crippen LogP contribution in [0.3, 0.4) is 0 Å². The lowest BCUT2D eigenvalue weighted by Gasteiger charge is -2.05. The lowest BCUT2D eigenvalue weighted by atomic mass is 10.1. The highest BCUT2D eigenvalue weighted by molar-refractivity contribution is 6.09. The minimum atomic E-state index is -0.449. The first-order valence-corrected chi connectivity index (χ1v) is 7.20. The Kier molecular flexibility index (Phi) is 3.41.